The van der Waals surface area contributed by atoms with Gasteiger partial charge in [0.25, 0.3) is 0 Å². The SMILES string of the molecule is COCCOC(=O)C(C)(C)CSCC(COC)OC. The number of thioether (sulfide) groups is 1. The van der Waals surface area contributed by atoms with Crippen LogP contribution in [0.1, 0.15) is 13.8 Å². The van der Waals surface area contributed by atoms with Crippen molar-refractivity contribution in [2.75, 3.05) is 52.7 Å². The molecule has 6 heteroatoms. The third-order valence-corrected chi connectivity index (χ3v) is 4.06. The van der Waals surface area contributed by atoms with E-state index in [0.29, 0.717) is 25.6 Å². The second-order valence-corrected chi connectivity index (χ2v) is 5.87. The zero-order chi connectivity index (χ0) is 14.7. The molecule has 0 saturated carbocycles. The molecule has 5 nitrogen and oxygen atoms in total. The summed E-state index contributed by atoms with van der Waals surface area (Å²) >= 11 is 1.66. The Morgan fingerprint density at radius 2 is 1.84 bits per heavy atom. The molecule has 0 radical (unpaired) electrons. The summed E-state index contributed by atoms with van der Waals surface area (Å²) in [4.78, 5) is 11.9. The minimum atomic E-state index is -0.510. The standard InChI is InChI=1S/C13H26O5S/c1-13(2,12(14)18-7-6-15-3)10-19-9-11(17-5)8-16-4/h11H,6-10H2,1-5H3. The molecule has 0 fully saturated rings. The van der Waals surface area contributed by atoms with Crippen molar-refractivity contribution >= 4 is 17.7 Å². The number of hydrogen-bond acceptors (Lipinski definition) is 6. The first-order valence-electron chi connectivity index (χ1n) is 6.23. The van der Waals surface area contributed by atoms with Gasteiger partial charge in [-0.05, 0) is 13.8 Å². The van der Waals surface area contributed by atoms with Gasteiger partial charge in [-0.3, -0.25) is 4.79 Å². The Kier molecular flexibility index (Phi) is 10.3. The van der Waals surface area contributed by atoms with Crippen LogP contribution in [0.5, 0.6) is 0 Å². The molecule has 0 aromatic carbocycles. The Morgan fingerprint density at radius 1 is 1.16 bits per heavy atom. The van der Waals surface area contributed by atoms with E-state index in [-0.39, 0.29) is 12.1 Å². The van der Waals surface area contributed by atoms with Crippen LogP contribution in [0.2, 0.25) is 0 Å². The van der Waals surface area contributed by atoms with Gasteiger partial charge in [0.15, 0.2) is 0 Å². The minimum Gasteiger partial charge on any atom is -0.463 e. The Bertz CT molecular complexity index is 245. The lowest BCUT2D eigenvalue weighted by Gasteiger charge is -2.23. The number of ether oxygens (including phenoxy) is 4. The summed E-state index contributed by atoms with van der Waals surface area (Å²) in [6, 6.07) is 0. The van der Waals surface area contributed by atoms with E-state index in [0.717, 1.165) is 5.75 Å². The lowest BCUT2D eigenvalue weighted by atomic mass is 9.97. The third-order valence-electron chi connectivity index (χ3n) is 2.53. The highest BCUT2D eigenvalue weighted by Gasteiger charge is 2.29. The molecule has 0 aliphatic carbocycles. The fourth-order valence-electron chi connectivity index (χ4n) is 1.29. The second kappa shape index (κ2) is 10.5. The lowest BCUT2D eigenvalue weighted by molar-refractivity contribution is -0.153. The van der Waals surface area contributed by atoms with Gasteiger partial charge in [0.1, 0.15) is 6.61 Å². The number of carbonyl (C=O) groups excluding carboxylic acids is 1. The summed E-state index contributed by atoms with van der Waals surface area (Å²) in [6.45, 7) is 5.05. The minimum absolute atomic E-state index is 0.0512. The first kappa shape index (κ1) is 18.7. The molecule has 1 atom stereocenters. The topological polar surface area (TPSA) is 54.0 Å². The van der Waals surface area contributed by atoms with E-state index in [1.54, 1.807) is 33.1 Å². The number of esters is 1. The van der Waals surface area contributed by atoms with Gasteiger partial charge < -0.3 is 18.9 Å². The largest absolute Gasteiger partial charge is 0.463 e. The van der Waals surface area contributed by atoms with Crippen LogP contribution in [0, 0.1) is 5.41 Å². The van der Waals surface area contributed by atoms with Crippen molar-refractivity contribution in [3.8, 4) is 0 Å². The van der Waals surface area contributed by atoms with Crippen molar-refractivity contribution in [3.63, 3.8) is 0 Å². The van der Waals surface area contributed by atoms with Crippen molar-refractivity contribution in [1.29, 1.82) is 0 Å². The predicted octanol–water partition coefficient (Wildman–Crippen LogP) is 1.60. The summed E-state index contributed by atoms with van der Waals surface area (Å²) in [5.74, 6) is 1.28. The van der Waals surface area contributed by atoms with Gasteiger partial charge in [0.2, 0.25) is 0 Å². The highest BCUT2D eigenvalue weighted by atomic mass is 32.2. The van der Waals surface area contributed by atoms with Crippen LogP contribution in [-0.4, -0.2) is 64.7 Å². The molecular weight excluding hydrogens is 268 g/mol. The molecule has 0 rings (SSSR count). The van der Waals surface area contributed by atoms with Gasteiger partial charge in [-0.2, -0.15) is 11.8 Å². The van der Waals surface area contributed by atoms with E-state index >= 15 is 0 Å². The van der Waals surface area contributed by atoms with Crippen molar-refractivity contribution in [2.45, 2.75) is 20.0 Å². The van der Waals surface area contributed by atoms with Gasteiger partial charge in [-0.15, -0.1) is 0 Å². The second-order valence-electron chi connectivity index (χ2n) is 4.84. The molecule has 19 heavy (non-hydrogen) atoms. The molecule has 0 spiro atoms. The Morgan fingerprint density at radius 3 is 2.37 bits per heavy atom. The molecule has 1 unspecified atom stereocenters. The normalized spacial score (nSPS) is 13.3. The van der Waals surface area contributed by atoms with Crippen molar-refractivity contribution in [2.24, 2.45) is 5.41 Å². The molecule has 0 aliphatic heterocycles. The fourth-order valence-corrected chi connectivity index (χ4v) is 2.53. The smallest absolute Gasteiger partial charge is 0.312 e. The number of hydrogen-bond donors (Lipinski definition) is 0. The van der Waals surface area contributed by atoms with Gasteiger partial charge >= 0.3 is 5.97 Å². The lowest BCUT2D eigenvalue weighted by Crippen LogP contribution is -2.31. The fraction of sp³-hybridized carbons (Fsp3) is 0.923. The van der Waals surface area contributed by atoms with Gasteiger partial charge in [0, 0.05) is 32.8 Å². The zero-order valence-electron chi connectivity index (χ0n) is 12.6. The van der Waals surface area contributed by atoms with E-state index in [1.807, 2.05) is 13.8 Å². The maximum atomic E-state index is 11.9. The zero-order valence-corrected chi connectivity index (χ0v) is 13.4. The van der Waals surface area contributed by atoms with E-state index in [1.165, 1.54) is 0 Å². The number of methoxy groups -OCH3 is 3. The molecule has 0 heterocycles. The Balaban J connectivity index is 3.97. The van der Waals surface area contributed by atoms with Gasteiger partial charge in [-0.25, -0.2) is 0 Å². The van der Waals surface area contributed by atoms with Gasteiger partial charge in [0.05, 0.1) is 24.7 Å². The summed E-state index contributed by atoms with van der Waals surface area (Å²) in [5, 5.41) is 0. The van der Waals surface area contributed by atoms with E-state index in [2.05, 4.69) is 0 Å². The number of rotatable bonds is 11. The highest BCUT2D eigenvalue weighted by Crippen LogP contribution is 2.24. The van der Waals surface area contributed by atoms with Crippen LogP contribution in [-0.2, 0) is 23.7 Å². The van der Waals surface area contributed by atoms with Crippen LogP contribution >= 0.6 is 11.8 Å². The first-order valence-corrected chi connectivity index (χ1v) is 7.39. The summed E-state index contributed by atoms with van der Waals surface area (Å²) in [6.07, 6.45) is 0.0512. The molecule has 0 N–H and O–H groups in total. The average Bonchev–Trinajstić information content (AvgIpc) is 2.37. The monoisotopic (exact) mass is 294 g/mol. The van der Waals surface area contributed by atoms with E-state index in [9.17, 15) is 4.79 Å². The average molecular weight is 294 g/mol. The molecule has 114 valence electrons. The van der Waals surface area contributed by atoms with Crippen molar-refractivity contribution in [1.82, 2.24) is 0 Å². The van der Waals surface area contributed by atoms with Crippen LogP contribution in [0.25, 0.3) is 0 Å². The van der Waals surface area contributed by atoms with E-state index in [4.69, 9.17) is 18.9 Å². The number of carbonyl (C=O) groups is 1. The molecule has 0 bridgehead atoms. The Labute approximate surface area is 120 Å². The van der Waals surface area contributed by atoms with Crippen LogP contribution in [0.15, 0.2) is 0 Å². The summed E-state index contributed by atoms with van der Waals surface area (Å²) in [5.41, 5.74) is -0.510. The third kappa shape index (κ3) is 8.47. The van der Waals surface area contributed by atoms with Gasteiger partial charge in [-0.1, -0.05) is 0 Å². The Hall–Kier alpha value is -0.300. The van der Waals surface area contributed by atoms with Crippen LogP contribution in [0.4, 0.5) is 0 Å². The summed E-state index contributed by atoms with van der Waals surface area (Å²) in [7, 11) is 4.89. The summed E-state index contributed by atoms with van der Waals surface area (Å²) < 4.78 is 20.3. The van der Waals surface area contributed by atoms with Crippen molar-refractivity contribution in [3.05, 3.63) is 0 Å². The van der Waals surface area contributed by atoms with Crippen LogP contribution in [0.3, 0.4) is 0 Å². The highest BCUT2D eigenvalue weighted by molar-refractivity contribution is 7.99. The first-order chi connectivity index (χ1) is 8.97. The quantitative estimate of drug-likeness (QED) is 0.426. The molecule has 0 amide bonds. The van der Waals surface area contributed by atoms with Crippen LogP contribution < -0.4 is 0 Å². The maximum absolute atomic E-state index is 11.9. The maximum Gasteiger partial charge on any atom is 0.312 e. The molecule has 0 saturated heterocycles. The molecule has 0 aliphatic rings. The van der Waals surface area contributed by atoms with E-state index < -0.39 is 5.41 Å². The molecule has 0 aromatic heterocycles. The molecular formula is C13H26O5S. The van der Waals surface area contributed by atoms with Crippen molar-refractivity contribution < 1.29 is 23.7 Å². The molecule has 0 aromatic rings. The predicted molar refractivity (Wildman–Crippen MR) is 76.6 cm³/mol.